The first-order chi connectivity index (χ1) is 6.86. The van der Waals surface area contributed by atoms with Gasteiger partial charge in [-0.05, 0) is 27.2 Å². The van der Waals surface area contributed by atoms with Crippen molar-refractivity contribution in [3.05, 3.63) is 0 Å². The van der Waals surface area contributed by atoms with Crippen LogP contribution >= 0.6 is 0 Å². The number of hydrogen-bond donors (Lipinski definition) is 3. The largest absolute Gasteiger partial charge is 0.465 e. The number of carbonyl (C=O) groups is 1. The third-order valence-electron chi connectivity index (χ3n) is 2.71. The van der Waals surface area contributed by atoms with Gasteiger partial charge < -0.3 is 15.5 Å². The third-order valence-corrected chi connectivity index (χ3v) is 2.71. The monoisotopic (exact) mass is 216 g/mol. The van der Waals surface area contributed by atoms with Gasteiger partial charge in [-0.25, -0.2) is 4.79 Å². The molecule has 0 spiro atoms. The summed E-state index contributed by atoms with van der Waals surface area (Å²) in [5, 5.41) is 21.3. The van der Waals surface area contributed by atoms with E-state index in [0.717, 1.165) is 0 Å². The minimum atomic E-state index is -0.895. The molecule has 0 bridgehead atoms. The summed E-state index contributed by atoms with van der Waals surface area (Å²) in [6, 6.07) is -0.0150. The molecule has 15 heavy (non-hydrogen) atoms. The van der Waals surface area contributed by atoms with Crippen LogP contribution in [-0.2, 0) is 0 Å². The highest BCUT2D eigenvalue weighted by Crippen LogP contribution is 2.22. The van der Waals surface area contributed by atoms with Crippen molar-refractivity contribution >= 4 is 6.09 Å². The van der Waals surface area contributed by atoms with Crippen molar-refractivity contribution in [1.82, 2.24) is 10.2 Å². The van der Waals surface area contributed by atoms with Gasteiger partial charge in [-0.15, -0.1) is 0 Å². The van der Waals surface area contributed by atoms with Crippen molar-refractivity contribution < 1.29 is 15.0 Å². The number of rotatable bonds is 2. The van der Waals surface area contributed by atoms with Gasteiger partial charge in [0.1, 0.15) is 0 Å². The van der Waals surface area contributed by atoms with Crippen molar-refractivity contribution in [3.63, 3.8) is 0 Å². The molecule has 1 amide bonds. The first-order valence-electron chi connectivity index (χ1n) is 5.22. The highest BCUT2D eigenvalue weighted by Gasteiger charge is 2.37. The summed E-state index contributed by atoms with van der Waals surface area (Å²) >= 11 is 0. The highest BCUT2D eigenvalue weighted by molar-refractivity contribution is 5.66. The average molecular weight is 216 g/mol. The van der Waals surface area contributed by atoms with Gasteiger partial charge in [-0.3, -0.25) is 4.90 Å². The van der Waals surface area contributed by atoms with Crippen LogP contribution in [-0.4, -0.2) is 52.0 Å². The van der Waals surface area contributed by atoms with E-state index in [1.807, 2.05) is 20.8 Å². The number of hydrogen-bond acceptors (Lipinski definition) is 3. The molecule has 0 aliphatic carbocycles. The molecule has 0 aromatic rings. The molecule has 1 aliphatic heterocycles. The Bertz CT molecular complexity index is 237. The SMILES string of the molecule is CC(C)(C)N(C(=O)O)[C@@H]1CN[C@@H](CO)C1. The lowest BCUT2D eigenvalue weighted by Gasteiger charge is -2.37. The molecule has 1 aliphatic rings. The minimum Gasteiger partial charge on any atom is -0.465 e. The number of aliphatic hydroxyl groups excluding tert-OH is 1. The average Bonchev–Trinajstić information content (AvgIpc) is 2.49. The van der Waals surface area contributed by atoms with E-state index in [2.05, 4.69) is 5.32 Å². The lowest BCUT2D eigenvalue weighted by molar-refractivity contribution is 0.0743. The predicted molar refractivity (Wildman–Crippen MR) is 56.9 cm³/mol. The fraction of sp³-hybridized carbons (Fsp3) is 0.900. The molecule has 0 saturated carbocycles. The van der Waals surface area contributed by atoms with E-state index >= 15 is 0 Å². The number of carboxylic acid groups (broad SMARTS) is 1. The van der Waals surface area contributed by atoms with Crippen LogP contribution < -0.4 is 5.32 Å². The quantitative estimate of drug-likeness (QED) is 0.628. The van der Waals surface area contributed by atoms with E-state index in [4.69, 9.17) is 10.2 Å². The molecule has 2 atom stereocenters. The Morgan fingerprint density at radius 1 is 1.53 bits per heavy atom. The smallest absolute Gasteiger partial charge is 0.408 e. The van der Waals surface area contributed by atoms with Crippen molar-refractivity contribution in [2.45, 2.75) is 44.8 Å². The van der Waals surface area contributed by atoms with Crippen LogP contribution in [0.2, 0.25) is 0 Å². The number of aliphatic hydroxyl groups is 1. The maximum atomic E-state index is 11.2. The molecule has 1 saturated heterocycles. The fourth-order valence-corrected chi connectivity index (χ4v) is 2.12. The van der Waals surface area contributed by atoms with E-state index in [-0.39, 0.29) is 18.7 Å². The molecule has 5 nitrogen and oxygen atoms in total. The Balaban J connectivity index is 2.71. The van der Waals surface area contributed by atoms with Crippen LogP contribution in [0.1, 0.15) is 27.2 Å². The Morgan fingerprint density at radius 3 is 2.47 bits per heavy atom. The van der Waals surface area contributed by atoms with Crippen LogP contribution in [0.25, 0.3) is 0 Å². The zero-order valence-corrected chi connectivity index (χ0v) is 9.53. The molecule has 5 heteroatoms. The van der Waals surface area contributed by atoms with Crippen LogP contribution in [0.15, 0.2) is 0 Å². The van der Waals surface area contributed by atoms with Crippen molar-refractivity contribution in [2.75, 3.05) is 13.2 Å². The second-order valence-corrected chi connectivity index (χ2v) is 5.00. The first kappa shape index (κ1) is 12.3. The maximum absolute atomic E-state index is 11.2. The molecule has 0 unspecified atom stereocenters. The number of amides is 1. The summed E-state index contributed by atoms with van der Waals surface area (Å²) in [5.41, 5.74) is -0.400. The molecule has 1 rings (SSSR count). The van der Waals surface area contributed by atoms with Crippen LogP contribution in [0.4, 0.5) is 4.79 Å². The predicted octanol–water partition coefficient (Wildman–Crippen LogP) is 0.488. The summed E-state index contributed by atoms with van der Waals surface area (Å²) in [6.45, 7) is 6.33. The van der Waals surface area contributed by atoms with Crippen molar-refractivity contribution in [1.29, 1.82) is 0 Å². The summed E-state index contributed by atoms with van der Waals surface area (Å²) in [6.07, 6.45) is -0.215. The van der Waals surface area contributed by atoms with Crippen molar-refractivity contribution in [3.8, 4) is 0 Å². The third kappa shape index (κ3) is 2.82. The molecular formula is C10H20N2O3. The maximum Gasteiger partial charge on any atom is 0.408 e. The molecule has 0 radical (unpaired) electrons. The fourth-order valence-electron chi connectivity index (χ4n) is 2.12. The summed E-state index contributed by atoms with van der Waals surface area (Å²) < 4.78 is 0. The van der Waals surface area contributed by atoms with Gasteiger partial charge in [0.25, 0.3) is 0 Å². The van der Waals surface area contributed by atoms with E-state index in [9.17, 15) is 4.79 Å². The summed E-state index contributed by atoms with van der Waals surface area (Å²) in [5.74, 6) is 0. The van der Waals surface area contributed by atoms with Gasteiger partial charge in [-0.1, -0.05) is 0 Å². The van der Waals surface area contributed by atoms with Crippen LogP contribution in [0.3, 0.4) is 0 Å². The second-order valence-electron chi connectivity index (χ2n) is 5.00. The topological polar surface area (TPSA) is 72.8 Å². The van der Waals surface area contributed by atoms with Gasteiger partial charge in [0.15, 0.2) is 0 Å². The summed E-state index contributed by atoms with van der Waals surface area (Å²) in [4.78, 5) is 12.6. The zero-order valence-electron chi connectivity index (χ0n) is 9.53. The minimum absolute atomic E-state index is 0.0270. The Labute approximate surface area is 90.1 Å². The molecule has 0 aromatic carbocycles. The van der Waals surface area contributed by atoms with Gasteiger partial charge in [0, 0.05) is 24.2 Å². The lowest BCUT2D eigenvalue weighted by Crippen LogP contribution is -2.51. The second kappa shape index (κ2) is 4.37. The van der Waals surface area contributed by atoms with Gasteiger partial charge in [0.05, 0.1) is 6.61 Å². The van der Waals surface area contributed by atoms with Crippen molar-refractivity contribution in [2.24, 2.45) is 0 Å². The molecule has 88 valence electrons. The molecule has 1 fully saturated rings. The van der Waals surface area contributed by atoms with E-state index in [1.165, 1.54) is 4.90 Å². The van der Waals surface area contributed by atoms with Crippen LogP contribution in [0, 0.1) is 0 Å². The van der Waals surface area contributed by atoms with Gasteiger partial charge in [0.2, 0.25) is 0 Å². The van der Waals surface area contributed by atoms with Gasteiger partial charge in [-0.2, -0.15) is 0 Å². The Morgan fingerprint density at radius 2 is 2.13 bits per heavy atom. The number of nitrogens with one attached hydrogen (secondary N) is 1. The van der Waals surface area contributed by atoms with E-state index in [1.54, 1.807) is 0 Å². The molecular weight excluding hydrogens is 196 g/mol. The Kier molecular flexibility index (Phi) is 3.57. The lowest BCUT2D eigenvalue weighted by atomic mass is 10.0. The highest BCUT2D eigenvalue weighted by atomic mass is 16.4. The molecule has 1 heterocycles. The summed E-state index contributed by atoms with van der Waals surface area (Å²) in [7, 11) is 0. The van der Waals surface area contributed by atoms with Crippen LogP contribution in [0.5, 0.6) is 0 Å². The van der Waals surface area contributed by atoms with Gasteiger partial charge >= 0.3 is 6.09 Å². The number of nitrogens with zero attached hydrogens (tertiary/aromatic N) is 1. The zero-order chi connectivity index (χ0) is 11.6. The normalized spacial score (nSPS) is 26.7. The Hall–Kier alpha value is -0.810. The first-order valence-corrected chi connectivity index (χ1v) is 5.22. The molecule has 3 N–H and O–H groups in total. The van der Waals surface area contributed by atoms with E-state index < -0.39 is 11.6 Å². The van der Waals surface area contributed by atoms with E-state index in [0.29, 0.717) is 13.0 Å². The molecule has 0 aromatic heterocycles. The standard InChI is InChI=1S/C10H20N2O3/c1-10(2,3)12(9(14)15)8-4-7(6-13)11-5-8/h7-8,11,13H,4-6H2,1-3H3,(H,14,15)/t7-,8+/m1/s1.